The largest absolute Gasteiger partial charge is 0.350 e. The van der Waals surface area contributed by atoms with E-state index in [9.17, 15) is 9.59 Å². The second kappa shape index (κ2) is 7.25. The molecular weight excluding hydrogens is 361 g/mol. The van der Waals surface area contributed by atoms with Crippen molar-refractivity contribution in [2.45, 2.75) is 20.0 Å². The van der Waals surface area contributed by atoms with Crippen LogP contribution in [0.4, 0.5) is 0 Å². The van der Waals surface area contributed by atoms with Gasteiger partial charge in [0.05, 0.1) is 22.3 Å². The highest BCUT2D eigenvalue weighted by molar-refractivity contribution is 6.38. The predicted octanol–water partition coefficient (Wildman–Crippen LogP) is 3.33. The molecule has 1 N–H and O–H groups in total. The summed E-state index contributed by atoms with van der Waals surface area (Å²) in [6.45, 7) is 2.25. The fraction of sp³-hybridized carbons (Fsp3) is 0.167. The zero-order valence-corrected chi connectivity index (χ0v) is 14.9. The molecule has 5 nitrogen and oxygen atoms in total. The van der Waals surface area contributed by atoms with Crippen LogP contribution >= 0.6 is 23.2 Å². The Morgan fingerprint density at radius 3 is 2.76 bits per heavy atom. The molecule has 0 radical (unpaired) electrons. The van der Waals surface area contributed by atoms with Crippen molar-refractivity contribution >= 4 is 40.0 Å². The molecule has 1 amide bonds. The van der Waals surface area contributed by atoms with Gasteiger partial charge in [0.2, 0.25) is 5.91 Å². The Labute approximate surface area is 154 Å². The maximum Gasteiger partial charge on any atom is 0.261 e. The monoisotopic (exact) mass is 375 g/mol. The van der Waals surface area contributed by atoms with E-state index in [2.05, 4.69) is 10.3 Å². The van der Waals surface area contributed by atoms with E-state index in [-0.39, 0.29) is 23.4 Å². The minimum absolute atomic E-state index is 0.127. The van der Waals surface area contributed by atoms with Gasteiger partial charge in [-0.3, -0.25) is 14.2 Å². The number of hydrogen-bond donors (Lipinski definition) is 1. The summed E-state index contributed by atoms with van der Waals surface area (Å²) in [5, 5.41) is 3.74. The van der Waals surface area contributed by atoms with Crippen LogP contribution in [0.2, 0.25) is 10.0 Å². The quantitative estimate of drug-likeness (QED) is 0.760. The van der Waals surface area contributed by atoms with Crippen LogP contribution in [-0.4, -0.2) is 15.5 Å². The van der Waals surface area contributed by atoms with Crippen molar-refractivity contribution in [1.82, 2.24) is 14.9 Å². The lowest BCUT2D eigenvalue weighted by Crippen LogP contribution is -2.32. The molecule has 0 aliphatic carbocycles. The van der Waals surface area contributed by atoms with Gasteiger partial charge in [0.1, 0.15) is 6.54 Å². The Bertz CT molecular complexity index is 1010. The summed E-state index contributed by atoms with van der Waals surface area (Å²) in [6, 6.07) is 10.8. The first-order valence-electron chi connectivity index (χ1n) is 7.61. The number of benzene rings is 2. The first-order chi connectivity index (χ1) is 12.0. The molecule has 0 unspecified atom stereocenters. The summed E-state index contributed by atoms with van der Waals surface area (Å²) < 4.78 is 1.24. The van der Waals surface area contributed by atoms with Crippen molar-refractivity contribution in [3.63, 3.8) is 0 Å². The first-order valence-corrected chi connectivity index (χ1v) is 8.36. The Morgan fingerprint density at radius 2 is 2.00 bits per heavy atom. The number of nitrogens with zero attached hydrogens (tertiary/aromatic N) is 2. The third-order valence-electron chi connectivity index (χ3n) is 3.90. The topological polar surface area (TPSA) is 64.0 Å². The second-order valence-corrected chi connectivity index (χ2v) is 6.51. The minimum Gasteiger partial charge on any atom is -0.350 e. The number of halogens is 2. The Morgan fingerprint density at radius 1 is 1.24 bits per heavy atom. The van der Waals surface area contributed by atoms with Gasteiger partial charge in [-0.25, -0.2) is 4.98 Å². The lowest BCUT2D eigenvalue weighted by atomic mass is 10.1. The molecule has 3 aromatic rings. The standard InChI is InChI=1S/C18H15Cl2N3O2/c1-11-4-2-3-5-12(11)8-21-16(24)9-23-10-22-17-14(18(23)25)6-13(19)7-15(17)20/h2-7,10H,8-9H2,1H3,(H,21,24). The zero-order valence-electron chi connectivity index (χ0n) is 13.4. The fourth-order valence-electron chi connectivity index (χ4n) is 2.52. The number of rotatable bonds is 4. The summed E-state index contributed by atoms with van der Waals surface area (Å²) in [5.41, 5.74) is 2.13. The molecule has 0 spiro atoms. The Balaban J connectivity index is 1.79. The third-order valence-corrected chi connectivity index (χ3v) is 4.40. The van der Waals surface area contributed by atoms with Crippen LogP contribution in [0, 0.1) is 6.92 Å². The van der Waals surface area contributed by atoms with E-state index < -0.39 is 0 Å². The minimum atomic E-state index is -0.361. The molecule has 0 saturated heterocycles. The molecule has 3 rings (SSSR count). The SMILES string of the molecule is Cc1ccccc1CNC(=O)Cn1cnc2c(Cl)cc(Cl)cc2c1=O. The zero-order chi connectivity index (χ0) is 18.0. The number of amides is 1. The maximum absolute atomic E-state index is 12.5. The van der Waals surface area contributed by atoms with E-state index in [4.69, 9.17) is 23.2 Å². The highest BCUT2D eigenvalue weighted by Crippen LogP contribution is 2.23. The van der Waals surface area contributed by atoms with E-state index >= 15 is 0 Å². The lowest BCUT2D eigenvalue weighted by Gasteiger charge is -2.10. The molecule has 1 aromatic heterocycles. The van der Waals surface area contributed by atoms with E-state index in [1.54, 1.807) is 0 Å². The lowest BCUT2D eigenvalue weighted by molar-refractivity contribution is -0.121. The molecule has 0 aliphatic rings. The molecule has 25 heavy (non-hydrogen) atoms. The van der Waals surface area contributed by atoms with Crippen LogP contribution in [0.15, 0.2) is 47.5 Å². The van der Waals surface area contributed by atoms with Crippen molar-refractivity contribution in [3.05, 3.63) is 74.3 Å². The molecule has 0 bridgehead atoms. The van der Waals surface area contributed by atoms with E-state index in [1.165, 1.54) is 23.0 Å². The van der Waals surface area contributed by atoms with Gasteiger partial charge in [0.15, 0.2) is 0 Å². The molecule has 7 heteroatoms. The van der Waals surface area contributed by atoms with Crippen LogP contribution < -0.4 is 10.9 Å². The Hall–Kier alpha value is -2.37. The van der Waals surface area contributed by atoms with Gasteiger partial charge < -0.3 is 5.32 Å². The van der Waals surface area contributed by atoms with Crippen LogP contribution in [0.1, 0.15) is 11.1 Å². The smallest absolute Gasteiger partial charge is 0.261 e. The van der Waals surface area contributed by atoms with Gasteiger partial charge in [0, 0.05) is 11.6 Å². The van der Waals surface area contributed by atoms with Crippen LogP contribution in [0.5, 0.6) is 0 Å². The predicted molar refractivity (Wildman–Crippen MR) is 99.0 cm³/mol. The Kier molecular flexibility index (Phi) is 5.06. The molecule has 128 valence electrons. The molecule has 0 atom stereocenters. The fourth-order valence-corrected chi connectivity index (χ4v) is 3.06. The number of hydrogen-bond acceptors (Lipinski definition) is 3. The number of carbonyl (C=O) groups excluding carboxylic acids is 1. The second-order valence-electron chi connectivity index (χ2n) is 5.66. The summed E-state index contributed by atoms with van der Waals surface area (Å²) in [7, 11) is 0. The molecule has 2 aromatic carbocycles. The molecule has 1 heterocycles. The first kappa shape index (κ1) is 17.5. The molecule has 0 aliphatic heterocycles. The summed E-state index contributed by atoms with van der Waals surface area (Å²) in [5.74, 6) is -0.278. The van der Waals surface area contributed by atoms with Gasteiger partial charge in [-0.15, -0.1) is 0 Å². The number of aryl methyl sites for hydroxylation is 1. The van der Waals surface area contributed by atoms with E-state index in [0.717, 1.165) is 11.1 Å². The third kappa shape index (κ3) is 3.83. The number of nitrogens with one attached hydrogen (secondary N) is 1. The summed E-state index contributed by atoms with van der Waals surface area (Å²) in [6.07, 6.45) is 1.32. The van der Waals surface area contributed by atoms with Gasteiger partial charge in [-0.05, 0) is 30.2 Å². The molecule has 0 saturated carbocycles. The van der Waals surface area contributed by atoms with Gasteiger partial charge in [-0.1, -0.05) is 47.5 Å². The maximum atomic E-state index is 12.5. The summed E-state index contributed by atoms with van der Waals surface area (Å²) in [4.78, 5) is 28.9. The molecule has 0 fully saturated rings. The van der Waals surface area contributed by atoms with Crippen molar-refractivity contribution in [2.24, 2.45) is 0 Å². The van der Waals surface area contributed by atoms with Crippen LogP contribution in [0.3, 0.4) is 0 Å². The van der Waals surface area contributed by atoms with Gasteiger partial charge in [0.25, 0.3) is 5.56 Å². The molecular formula is C18H15Cl2N3O2. The highest BCUT2D eigenvalue weighted by atomic mass is 35.5. The number of fused-ring (bicyclic) bond motifs is 1. The van der Waals surface area contributed by atoms with E-state index in [1.807, 2.05) is 31.2 Å². The normalized spacial score (nSPS) is 10.8. The van der Waals surface area contributed by atoms with Gasteiger partial charge in [-0.2, -0.15) is 0 Å². The summed E-state index contributed by atoms with van der Waals surface area (Å²) >= 11 is 12.0. The van der Waals surface area contributed by atoms with Crippen molar-refractivity contribution < 1.29 is 4.79 Å². The number of carbonyl (C=O) groups is 1. The van der Waals surface area contributed by atoms with Crippen molar-refractivity contribution in [1.29, 1.82) is 0 Å². The average molecular weight is 376 g/mol. The van der Waals surface area contributed by atoms with Crippen LogP contribution in [0.25, 0.3) is 10.9 Å². The van der Waals surface area contributed by atoms with Gasteiger partial charge >= 0.3 is 0 Å². The van der Waals surface area contributed by atoms with Crippen molar-refractivity contribution in [2.75, 3.05) is 0 Å². The van der Waals surface area contributed by atoms with Crippen molar-refractivity contribution in [3.8, 4) is 0 Å². The highest BCUT2D eigenvalue weighted by Gasteiger charge is 2.11. The van der Waals surface area contributed by atoms with Crippen LogP contribution in [-0.2, 0) is 17.9 Å². The van der Waals surface area contributed by atoms with E-state index in [0.29, 0.717) is 22.1 Å². The average Bonchev–Trinajstić information content (AvgIpc) is 2.57. The number of aromatic nitrogens is 2.